The Labute approximate surface area is 129 Å². The summed E-state index contributed by atoms with van der Waals surface area (Å²) in [5.74, 6) is 0.944. The van der Waals surface area contributed by atoms with Crippen molar-refractivity contribution in [3.05, 3.63) is 23.8 Å². The molecule has 0 saturated carbocycles. The van der Waals surface area contributed by atoms with Crippen molar-refractivity contribution in [3.8, 4) is 11.5 Å². The van der Waals surface area contributed by atoms with Gasteiger partial charge < -0.3 is 19.5 Å². The van der Waals surface area contributed by atoms with Gasteiger partial charge in [0.1, 0.15) is 18.8 Å². The van der Waals surface area contributed by atoms with Crippen molar-refractivity contribution < 1.29 is 23.8 Å². The molecule has 6 heteroatoms. The predicted molar refractivity (Wildman–Crippen MR) is 80.6 cm³/mol. The number of amides is 1. The van der Waals surface area contributed by atoms with Crippen molar-refractivity contribution in [2.75, 3.05) is 13.2 Å². The van der Waals surface area contributed by atoms with E-state index in [0.717, 1.165) is 0 Å². The quantitative estimate of drug-likeness (QED) is 0.869. The molecule has 22 heavy (non-hydrogen) atoms. The van der Waals surface area contributed by atoms with Gasteiger partial charge in [-0.25, -0.2) is 4.79 Å². The fourth-order valence-corrected chi connectivity index (χ4v) is 2.00. The zero-order valence-corrected chi connectivity index (χ0v) is 13.3. The number of nitrogens with one attached hydrogen (secondary N) is 1. The first-order valence-electron chi connectivity index (χ1n) is 7.19. The van der Waals surface area contributed by atoms with Crippen molar-refractivity contribution in [1.29, 1.82) is 0 Å². The van der Waals surface area contributed by atoms with Crippen molar-refractivity contribution in [2.45, 2.75) is 39.3 Å². The van der Waals surface area contributed by atoms with Gasteiger partial charge in [-0.3, -0.25) is 4.79 Å². The summed E-state index contributed by atoms with van der Waals surface area (Å²) < 4.78 is 16.0. The van der Waals surface area contributed by atoms with Gasteiger partial charge >= 0.3 is 6.09 Å². The number of Topliss-reactive ketones (excluding diaryl/α,β-unsaturated/α-hetero) is 1. The molecule has 0 radical (unpaired) electrons. The third kappa shape index (κ3) is 4.13. The summed E-state index contributed by atoms with van der Waals surface area (Å²) in [5.41, 5.74) is -0.156. The summed E-state index contributed by atoms with van der Waals surface area (Å²) in [4.78, 5) is 24.1. The third-order valence-corrected chi connectivity index (χ3v) is 2.95. The minimum Gasteiger partial charge on any atom is -0.486 e. The predicted octanol–water partition coefficient (Wildman–Crippen LogP) is 2.55. The van der Waals surface area contributed by atoms with Crippen LogP contribution in [0.4, 0.5) is 4.79 Å². The van der Waals surface area contributed by atoms with Gasteiger partial charge in [0, 0.05) is 5.56 Å². The van der Waals surface area contributed by atoms with Crippen LogP contribution in [0.5, 0.6) is 11.5 Å². The summed E-state index contributed by atoms with van der Waals surface area (Å²) in [6.45, 7) is 7.86. The molecule has 1 aromatic rings. The lowest BCUT2D eigenvalue weighted by Gasteiger charge is -2.22. The van der Waals surface area contributed by atoms with Gasteiger partial charge in [-0.2, -0.15) is 0 Å². The van der Waals surface area contributed by atoms with Crippen LogP contribution in [-0.4, -0.2) is 36.7 Å². The highest BCUT2D eigenvalue weighted by Crippen LogP contribution is 2.31. The Hall–Kier alpha value is -2.24. The molecule has 1 aromatic carbocycles. The van der Waals surface area contributed by atoms with Crippen LogP contribution in [0, 0.1) is 0 Å². The van der Waals surface area contributed by atoms with E-state index in [1.807, 2.05) is 0 Å². The number of rotatable bonds is 3. The van der Waals surface area contributed by atoms with Gasteiger partial charge in [-0.05, 0) is 45.9 Å². The van der Waals surface area contributed by atoms with E-state index in [-0.39, 0.29) is 5.78 Å². The minimum absolute atomic E-state index is 0.220. The summed E-state index contributed by atoms with van der Waals surface area (Å²) in [6, 6.07) is 4.28. The number of fused-ring (bicyclic) bond motifs is 1. The molecular weight excluding hydrogens is 286 g/mol. The molecule has 1 amide bonds. The van der Waals surface area contributed by atoms with Crippen molar-refractivity contribution in [2.24, 2.45) is 0 Å². The molecule has 6 nitrogen and oxygen atoms in total. The van der Waals surface area contributed by atoms with E-state index >= 15 is 0 Å². The Morgan fingerprint density at radius 2 is 1.82 bits per heavy atom. The first-order valence-corrected chi connectivity index (χ1v) is 7.19. The second kappa shape index (κ2) is 6.25. The molecule has 1 N–H and O–H groups in total. The number of benzene rings is 1. The molecule has 0 aliphatic carbocycles. The lowest BCUT2D eigenvalue weighted by molar-refractivity contribution is 0.0496. The first kappa shape index (κ1) is 16.1. The van der Waals surface area contributed by atoms with Crippen molar-refractivity contribution in [1.82, 2.24) is 5.32 Å². The Bertz CT molecular complexity index is 576. The number of hydrogen-bond acceptors (Lipinski definition) is 5. The van der Waals surface area contributed by atoms with Crippen LogP contribution in [0.25, 0.3) is 0 Å². The van der Waals surface area contributed by atoms with Crippen LogP contribution in [0.15, 0.2) is 18.2 Å². The van der Waals surface area contributed by atoms with Gasteiger partial charge in [0.2, 0.25) is 0 Å². The van der Waals surface area contributed by atoms with Gasteiger partial charge in [-0.15, -0.1) is 0 Å². The highest BCUT2D eigenvalue weighted by Gasteiger charge is 2.23. The molecule has 1 aliphatic heterocycles. The number of carbonyl (C=O) groups excluding carboxylic acids is 2. The van der Waals surface area contributed by atoms with Gasteiger partial charge in [-0.1, -0.05) is 0 Å². The van der Waals surface area contributed by atoms with Gasteiger partial charge in [0.15, 0.2) is 17.3 Å². The summed E-state index contributed by atoms with van der Waals surface area (Å²) >= 11 is 0. The Kier molecular flexibility index (Phi) is 4.59. The fraction of sp³-hybridized carbons (Fsp3) is 0.500. The average molecular weight is 307 g/mol. The van der Waals surface area contributed by atoms with Gasteiger partial charge in [0.05, 0.1) is 6.04 Å². The van der Waals surface area contributed by atoms with Crippen LogP contribution in [0.1, 0.15) is 38.1 Å². The SMILES string of the molecule is CC(NC(=O)OC(C)(C)C)C(=O)c1ccc2c(c1)OCCO2. The summed E-state index contributed by atoms with van der Waals surface area (Å²) in [5, 5.41) is 2.53. The van der Waals surface area contributed by atoms with Crippen LogP contribution >= 0.6 is 0 Å². The van der Waals surface area contributed by atoms with E-state index in [9.17, 15) is 9.59 Å². The monoisotopic (exact) mass is 307 g/mol. The Balaban J connectivity index is 2.03. The van der Waals surface area contributed by atoms with Gasteiger partial charge in [0.25, 0.3) is 0 Å². The molecule has 0 bridgehead atoms. The normalized spacial score (nSPS) is 14.9. The number of ether oxygens (including phenoxy) is 3. The standard InChI is InChI=1S/C16H21NO5/c1-10(17-15(19)22-16(2,3)4)14(18)11-5-6-12-13(9-11)21-8-7-20-12/h5-6,9-10H,7-8H2,1-4H3,(H,17,19). The number of alkyl carbamates (subject to hydrolysis) is 1. The number of ketones is 1. The van der Waals surface area contributed by atoms with Crippen molar-refractivity contribution >= 4 is 11.9 Å². The highest BCUT2D eigenvalue weighted by molar-refractivity contribution is 6.01. The van der Waals surface area contributed by atoms with Crippen molar-refractivity contribution in [3.63, 3.8) is 0 Å². The number of hydrogen-bond donors (Lipinski definition) is 1. The van der Waals surface area contributed by atoms with Crippen LogP contribution in [-0.2, 0) is 4.74 Å². The molecule has 2 rings (SSSR count). The Morgan fingerprint density at radius 3 is 2.45 bits per heavy atom. The van der Waals surface area contributed by atoms with E-state index in [1.54, 1.807) is 45.9 Å². The molecule has 1 aliphatic rings. The first-order chi connectivity index (χ1) is 10.3. The molecular formula is C16H21NO5. The molecule has 0 fully saturated rings. The maximum Gasteiger partial charge on any atom is 0.408 e. The summed E-state index contributed by atoms with van der Waals surface area (Å²) in [6.07, 6.45) is -0.620. The van der Waals surface area contributed by atoms with E-state index in [1.165, 1.54) is 0 Å². The molecule has 0 aromatic heterocycles. The fourth-order valence-electron chi connectivity index (χ4n) is 2.00. The Morgan fingerprint density at radius 1 is 1.18 bits per heavy atom. The number of carbonyl (C=O) groups is 2. The van der Waals surface area contributed by atoms with E-state index in [2.05, 4.69) is 5.32 Å². The molecule has 0 saturated heterocycles. The maximum absolute atomic E-state index is 12.4. The molecule has 1 unspecified atom stereocenters. The van der Waals surface area contributed by atoms with Crippen LogP contribution < -0.4 is 14.8 Å². The zero-order chi connectivity index (χ0) is 16.3. The summed E-state index contributed by atoms with van der Waals surface area (Å²) in [7, 11) is 0. The highest BCUT2D eigenvalue weighted by atomic mass is 16.6. The van der Waals surface area contributed by atoms with Crippen LogP contribution in [0.2, 0.25) is 0 Å². The smallest absolute Gasteiger partial charge is 0.408 e. The second-order valence-corrected chi connectivity index (χ2v) is 6.09. The van der Waals surface area contributed by atoms with E-state index < -0.39 is 17.7 Å². The van der Waals surface area contributed by atoms with E-state index in [4.69, 9.17) is 14.2 Å². The largest absolute Gasteiger partial charge is 0.486 e. The van der Waals surface area contributed by atoms with Crippen LogP contribution in [0.3, 0.4) is 0 Å². The molecule has 120 valence electrons. The zero-order valence-electron chi connectivity index (χ0n) is 13.3. The minimum atomic E-state index is -0.697. The topological polar surface area (TPSA) is 73.9 Å². The molecule has 1 atom stereocenters. The maximum atomic E-state index is 12.4. The lowest BCUT2D eigenvalue weighted by atomic mass is 10.0. The average Bonchev–Trinajstić information content (AvgIpc) is 2.43. The molecule has 0 spiro atoms. The lowest BCUT2D eigenvalue weighted by Crippen LogP contribution is -2.41. The third-order valence-electron chi connectivity index (χ3n) is 2.95. The van der Waals surface area contributed by atoms with E-state index in [0.29, 0.717) is 30.3 Å². The molecule has 1 heterocycles. The second-order valence-electron chi connectivity index (χ2n) is 6.09.